The zero-order valence-electron chi connectivity index (χ0n) is 15.1. The third-order valence-corrected chi connectivity index (χ3v) is 3.54. The maximum Gasteiger partial charge on any atom is 0.307 e. The predicted molar refractivity (Wildman–Crippen MR) is 93.3 cm³/mol. The van der Waals surface area contributed by atoms with E-state index in [0.29, 0.717) is 17.7 Å². The third-order valence-electron chi connectivity index (χ3n) is 3.54. The van der Waals surface area contributed by atoms with Gasteiger partial charge >= 0.3 is 5.97 Å². The average Bonchev–Trinajstić information content (AvgIpc) is 2.60. The number of benzene rings is 1. The fourth-order valence-electron chi connectivity index (χ4n) is 2.20. The minimum Gasteiger partial charge on any atom is -0.497 e. The maximum atomic E-state index is 12.4. The number of carbonyl (C=O) groups excluding carboxylic acids is 3. The summed E-state index contributed by atoms with van der Waals surface area (Å²) in [6, 6.07) is 5.96. The van der Waals surface area contributed by atoms with Gasteiger partial charge in [0.2, 0.25) is 5.91 Å². The summed E-state index contributed by atoms with van der Waals surface area (Å²) < 4.78 is 9.59. The van der Waals surface area contributed by atoms with Crippen molar-refractivity contribution in [2.75, 3.05) is 20.8 Å². The Morgan fingerprint density at radius 3 is 2.24 bits per heavy atom. The maximum absolute atomic E-state index is 12.4. The molecule has 0 fully saturated rings. The highest BCUT2D eigenvalue weighted by atomic mass is 16.5. The van der Waals surface area contributed by atoms with Crippen molar-refractivity contribution in [1.82, 2.24) is 10.6 Å². The van der Waals surface area contributed by atoms with E-state index in [1.165, 1.54) is 7.11 Å². The van der Waals surface area contributed by atoms with E-state index in [9.17, 15) is 14.4 Å². The molecule has 0 saturated carbocycles. The van der Waals surface area contributed by atoms with Crippen LogP contribution in [0, 0.1) is 5.92 Å². The highest BCUT2D eigenvalue weighted by Gasteiger charge is 2.22. The zero-order valence-corrected chi connectivity index (χ0v) is 15.1. The Labute approximate surface area is 148 Å². The normalized spacial score (nSPS) is 11.6. The molecule has 0 unspecified atom stereocenters. The SMILES string of the molecule is COC(=O)CCNC(=O)[C@H](CC(C)C)NC(=O)c1ccc(OC)cc1. The van der Waals surface area contributed by atoms with Gasteiger partial charge in [-0.05, 0) is 36.6 Å². The summed E-state index contributed by atoms with van der Waals surface area (Å²) in [5.41, 5.74) is 0.442. The number of ether oxygens (including phenoxy) is 2. The summed E-state index contributed by atoms with van der Waals surface area (Å²) in [6.45, 7) is 4.10. The van der Waals surface area contributed by atoms with Crippen LogP contribution in [-0.4, -0.2) is 44.6 Å². The molecule has 1 aromatic carbocycles. The number of rotatable bonds is 9. The van der Waals surface area contributed by atoms with Gasteiger partial charge in [-0.2, -0.15) is 0 Å². The van der Waals surface area contributed by atoms with E-state index >= 15 is 0 Å². The quantitative estimate of drug-likeness (QED) is 0.659. The molecule has 0 aliphatic heterocycles. The van der Waals surface area contributed by atoms with Crippen LogP contribution in [0.3, 0.4) is 0 Å². The molecular formula is C18H26N2O5. The van der Waals surface area contributed by atoms with Crippen LogP contribution in [0.25, 0.3) is 0 Å². The molecule has 1 rings (SSSR count). The van der Waals surface area contributed by atoms with Gasteiger partial charge in [-0.1, -0.05) is 13.8 Å². The van der Waals surface area contributed by atoms with Crippen molar-refractivity contribution >= 4 is 17.8 Å². The molecule has 0 spiro atoms. The summed E-state index contributed by atoms with van der Waals surface area (Å²) in [4.78, 5) is 35.8. The molecule has 0 heterocycles. The van der Waals surface area contributed by atoms with Gasteiger partial charge in [-0.25, -0.2) is 0 Å². The Kier molecular flexibility index (Phi) is 8.46. The predicted octanol–water partition coefficient (Wildman–Crippen LogP) is 1.52. The van der Waals surface area contributed by atoms with E-state index in [1.54, 1.807) is 31.4 Å². The molecule has 7 nitrogen and oxygen atoms in total. The van der Waals surface area contributed by atoms with Gasteiger partial charge in [-0.15, -0.1) is 0 Å². The van der Waals surface area contributed by atoms with Crippen molar-refractivity contribution < 1.29 is 23.9 Å². The Hall–Kier alpha value is -2.57. The molecule has 7 heteroatoms. The summed E-state index contributed by atoms with van der Waals surface area (Å²) in [6.07, 6.45) is 0.578. The van der Waals surface area contributed by atoms with E-state index in [2.05, 4.69) is 15.4 Å². The van der Waals surface area contributed by atoms with Crippen molar-refractivity contribution in [3.8, 4) is 5.75 Å². The van der Waals surface area contributed by atoms with E-state index in [1.807, 2.05) is 13.8 Å². The number of hydrogen-bond acceptors (Lipinski definition) is 5. The average molecular weight is 350 g/mol. The summed E-state index contributed by atoms with van der Waals surface area (Å²) in [7, 11) is 2.84. The van der Waals surface area contributed by atoms with Crippen molar-refractivity contribution in [3.05, 3.63) is 29.8 Å². The molecule has 25 heavy (non-hydrogen) atoms. The van der Waals surface area contributed by atoms with E-state index in [0.717, 1.165) is 0 Å². The zero-order chi connectivity index (χ0) is 18.8. The number of amides is 2. The molecule has 0 radical (unpaired) electrons. The van der Waals surface area contributed by atoms with Crippen LogP contribution in [0.4, 0.5) is 0 Å². The summed E-state index contributed by atoms with van der Waals surface area (Å²) in [5.74, 6) is -0.192. The van der Waals surface area contributed by atoms with Crippen LogP contribution < -0.4 is 15.4 Å². The minimum absolute atomic E-state index is 0.0864. The number of hydrogen-bond donors (Lipinski definition) is 2. The number of esters is 1. The van der Waals surface area contributed by atoms with Crippen LogP contribution in [0.5, 0.6) is 5.75 Å². The third kappa shape index (κ3) is 7.24. The van der Waals surface area contributed by atoms with Crippen molar-refractivity contribution in [1.29, 1.82) is 0 Å². The summed E-state index contributed by atoms with van der Waals surface area (Å²) >= 11 is 0. The second-order valence-electron chi connectivity index (χ2n) is 6.00. The van der Waals surface area contributed by atoms with Crippen molar-refractivity contribution in [3.63, 3.8) is 0 Å². The molecule has 2 amide bonds. The standard InChI is InChI=1S/C18H26N2O5/c1-12(2)11-15(18(23)19-10-9-16(21)25-4)20-17(22)13-5-7-14(24-3)8-6-13/h5-8,12,15H,9-11H2,1-4H3,(H,19,23)(H,20,22)/t15-/m0/s1. The van der Waals surface area contributed by atoms with Crippen molar-refractivity contribution in [2.24, 2.45) is 5.92 Å². The van der Waals surface area contributed by atoms with Crippen LogP contribution in [0.2, 0.25) is 0 Å². The Bertz CT molecular complexity index is 584. The molecule has 1 atom stereocenters. The van der Waals surface area contributed by atoms with Crippen LogP contribution in [-0.2, 0) is 14.3 Å². The second kappa shape index (κ2) is 10.3. The lowest BCUT2D eigenvalue weighted by atomic mass is 10.0. The largest absolute Gasteiger partial charge is 0.497 e. The molecule has 0 aliphatic carbocycles. The monoisotopic (exact) mass is 350 g/mol. The van der Waals surface area contributed by atoms with Crippen LogP contribution in [0.15, 0.2) is 24.3 Å². The minimum atomic E-state index is -0.674. The van der Waals surface area contributed by atoms with Gasteiger partial charge < -0.3 is 20.1 Å². The highest BCUT2D eigenvalue weighted by Crippen LogP contribution is 2.12. The molecule has 0 saturated heterocycles. The van der Waals surface area contributed by atoms with Gasteiger partial charge in [0.15, 0.2) is 0 Å². The number of carbonyl (C=O) groups is 3. The number of methoxy groups -OCH3 is 2. The first-order valence-corrected chi connectivity index (χ1v) is 8.16. The topological polar surface area (TPSA) is 93.7 Å². The fourth-order valence-corrected chi connectivity index (χ4v) is 2.20. The molecular weight excluding hydrogens is 324 g/mol. The molecule has 2 N–H and O–H groups in total. The van der Waals surface area contributed by atoms with Crippen LogP contribution >= 0.6 is 0 Å². The molecule has 0 bridgehead atoms. The number of nitrogens with one attached hydrogen (secondary N) is 2. The van der Waals surface area contributed by atoms with E-state index in [4.69, 9.17) is 4.74 Å². The Balaban J connectivity index is 2.68. The fraction of sp³-hybridized carbons (Fsp3) is 0.500. The first-order chi connectivity index (χ1) is 11.9. The highest BCUT2D eigenvalue weighted by molar-refractivity contribution is 5.97. The summed E-state index contributed by atoms with van der Waals surface area (Å²) in [5, 5.41) is 5.40. The molecule has 0 aliphatic rings. The van der Waals surface area contributed by atoms with E-state index < -0.39 is 12.0 Å². The first-order valence-electron chi connectivity index (χ1n) is 8.16. The van der Waals surface area contributed by atoms with Gasteiger partial charge in [0.05, 0.1) is 20.6 Å². The van der Waals surface area contributed by atoms with Gasteiger partial charge in [0.1, 0.15) is 11.8 Å². The van der Waals surface area contributed by atoms with E-state index in [-0.39, 0.29) is 30.7 Å². The van der Waals surface area contributed by atoms with Crippen molar-refractivity contribution in [2.45, 2.75) is 32.7 Å². The first kappa shape index (κ1) is 20.5. The molecule has 1 aromatic rings. The lowest BCUT2D eigenvalue weighted by Gasteiger charge is -2.20. The molecule has 138 valence electrons. The lowest BCUT2D eigenvalue weighted by molar-refractivity contribution is -0.140. The van der Waals surface area contributed by atoms with Gasteiger partial charge in [0.25, 0.3) is 5.91 Å². The van der Waals surface area contributed by atoms with Gasteiger partial charge in [-0.3, -0.25) is 14.4 Å². The lowest BCUT2D eigenvalue weighted by Crippen LogP contribution is -2.47. The van der Waals surface area contributed by atoms with Crippen LogP contribution in [0.1, 0.15) is 37.0 Å². The Morgan fingerprint density at radius 1 is 1.08 bits per heavy atom. The second-order valence-corrected chi connectivity index (χ2v) is 6.00. The smallest absolute Gasteiger partial charge is 0.307 e. The Morgan fingerprint density at radius 2 is 1.72 bits per heavy atom. The van der Waals surface area contributed by atoms with Gasteiger partial charge in [0, 0.05) is 12.1 Å². The molecule has 0 aromatic heterocycles.